The summed E-state index contributed by atoms with van der Waals surface area (Å²) in [6, 6.07) is 13.1. The summed E-state index contributed by atoms with van der Waals surface area (Å²) >= 11 is 5.93. The van der Waals surface area contributed by atoms with Crippen LogP contribution in [0.4, 0.5) is 5.82 Å². The van der Waals surface area contributed by atoms with Crippen LogP contribution in [-0.4, -0.2) is 30.8 Å². The number of aromatic nitrogens is 4. The number of carbonyl (C=O) groups excluding carboxylic acids is 1. The molecule has 0 aliphatic carbocycles. The molecule has 1 amide bonds. The number of fused-ring (bicyclic) bond motifs is 1. The lowest BCUT2D eigenvalue weighted by Gasteiger charge is -2.09. The molecule has 134 valence electrons. The molecular formula is C18H13ClN6O2. The molecule has 27 heavy (non-hydrogen) atoms. The Morgan fingerprint density at radius 2 is 1.78 bits per heavy atom. The quantitative estimate of drug-likeness (QED) is 0.470. The SMILES string of the molecule is O=C(NNc1ncnc2c1cnn2-c1ccc(Cl)cc1)c1ccc(O)cc1. The Balaban J connectivity index is 1.58. The first-order valence-electron chi connectivity index (χ1n) is 7.92. The minimum atomic E-state index is -0.369. The Hall–Kier alpha value is -3.65. The number of hydrazine groups is 1. The highest BCUT2D eigenvalue weighted by Gasteiger charge is 2.12. The van der Waals surface area contributed by atoms with Crippen LogP contribution in [0.5, 0.6) is 5.75 Å². The van der Waals surface area contributed by atoms with Crippen LogP contribution in [0.1, 0.15) is 10.4 Å². The van der Waals surface area contributed by atoms with Gasteiger partial charge in [-0.25, -0.2) is 14.6 Å². The number of anilines is 1. The van der Waals surface area contributed by atoms with Gasteiger partial charge < -0.3 is 5.11 Å². The van der Waals surface area contributed by atoms with Crippen molar-refractivity contribution in [3.05, 3.63) is 71.6 Å². The van der Waals surface area contributed by atoms with Gasteiger partial charge in [-0.05, 0) is 48.5 Å². The first-order chi connectivity index (χ1) is 13.1. The first-order valence-corrected chi connectivity index (χ1v) is 8.30. The fourth-order valence-electron chi connectivity index (χ4n) is 2.52. The molecular weight excluding hydrogens is 368 g/mol. The average molecular weight is 381 g/mol. The van der Waals surface area contributed by atoms with E-state index in [0.29, 0.717) is 27.4 Å². The van der Waals surface area contributed by atoms with Crippen molar-refractivity contribution in [1.82, 2.24) is 25.2 Å². The van der Waals surface area contributed by atoms with Crippen molar-refractivity contribution in [3.8, 4) is 11.4 Å². The van der Waals surface area contributed by atoms with Gasteiger partial charge in [-0.3, -0.25) is 15.6 Å². The molecule has 0 radical (unpaired) electrons. The van der Waals surface area contributed by atoms with E-state index >= 15 is 0 Å². The molecule has 0 saturated heterocycles. The number of carbonyl (C=O) groups is 1. The van der Waals surface area contributed by atoms with Crippen molar-refractivity contribution in [1.29, 1.82) is 0 Å². The van der Waals surface area contributed by atoms with Crippen LogP contribution in [0.2, 0.25) is 5.02 Å². The molecule has 0 atom stereocenters. The minimum absolute atomic E-state index is 0.0895. The summed E-state index contributed by atoms with van der Waals surface area (Å²) in [6.45, 7) is 0. The number of rotatable bonds is 4. The number of nitrogens with one attached hydrogen (secondary N) is 2. The summed E-state index contributed by atoms with van der Waals surface area (Å²) in [5.74, 6) is 0.130. The van der Waals surface area contributed by atoms with Crippen LogP contribution in [-0.2, 0) is 0 Å². The van der Waals surface area contributed by atoms with Gasteiger partial charge in [-0.1, -0.05) is 11.6 Å². The molecule has 4 rings (SSSR count). The van der Waals surface area contributed by atoms with Crippen molar-refractivity contribution >= 4 is 34.4 Å². The molecule has 2 heterocycles. The Bertz CT molecular complexity index is 1110. The smallest absolute Gasteiger partial charge is 0.269 e. The highest BCUT2D eigenvalue weighted by Crippen LogP contribution is 2.22. The highest BCUT2D eigenvalue weighted by molar-refractivity contribution is 6.30. The second-order valence-electron chi connectivity index (χ2n) is 5.62. The van der Waals surface area contributed by atoms with Crippen LogP contribution >= 0.6 is 11.6 Å². The standard InChI is InChI=1S/C18H13ClN6O2/c19-12-3-5-13(6-4-12)25-17-15(9-22-25)16(20-10-21-17)23-24-18(27)11-1-7-14(26)8-2-11/h1-10,26H,(H,24,27)(H,20,21,23). The summed E-state index contributed by atoms with van der Waals surface area (Å²) < 4.78 is 1.65. The molecule has 0 spiro atoms. The zero-order valence-corrected chi connectivity index (χ0v) is 14.6. The van der Waals surface area contributed by atoms with E-state index in [-0.39, 0.29) is 11.7 Å². The van der Waals surface area contributed by atoms with Gasteiger partial charge >= 0.3 is 0 Å². The van der Waals surface area contributed by atoms with Crippen molar-refractivity contribution in [2.45, 2.75) is 0 Å². The Kier molecular flexibility index (Phi) is 4.31. The number of hydrogen-bond acceptors (Lipinski definition) is 6. The van der Waals surface area contributed by atoms with Crippen molar-refractivity contribution in [3.63, 3.8) is 0 Å². The molecule has 2 aromatic heterocycles. The van der Waals surface area contributed by atoms with E-state index in [9.17, 15) is 9.90 Å². The minimum Gasteiger partial charge on any atom is -0.508 e. The Morgan fingerprint density at radius 3 is 2.52 bits per heavy atom. The molecule has 0 bridgehead atoms. The third-order valence-electron chi connectivity index (χ3n) is 3.86. The van der Waals surface area contributed by atoms with Gasteiger partial charge in [-0.15, -0.1) is 0 Å². The molecule has 3 N–H and O–H groups in total. The molecule has 0 fully saturated rings. The number of hydrogen-bond donors (Lipinski definition) is 3. The maximum atomic E-state index is 12.2. The molecule has 0 aliphatic heterocycles. The molecule has 0 unspecified atom stereocenters. The highest BCUT2D eigenvalue weighted by atomic mass is 35.5. The van der Waals surface area contributed by atoms with E-state index in [1.165, 1.54) is 30.6 Å². The third-order valence-corrected chi connectivity index (χ3v) is 4.11. The number of amides is 1. The summed E-state index contributed by atoms with van der Waals surface area (Å²) in [4.78, 5) is 20.6. The third kappa shape index (κ3) is 3.38. The summed E-state index contributed by atoms with van der Waals surface area (Å²) in [5.41, 5.74) is 7.12. The topological polar surface area (TPSA) is 105 Å². The number of benzene rings is 2. The van der Waals surface area contributed by atoms with E-state index in [1.54, 1.807) is 23.0 Å². The Morgan fingerprint density at radius 1 is 1.04 bits per heavy atom. The van der Waals surface area contributed by atoms with Gasteiger partial charge in [0, 0.05) is 10.6 Å². The number of halogens is 1. The number of aromatic hydroxyl groups is 1. The lowest BCUT2D eigenvalue weighted by Crippen LogP contribution is -2.29. The second-order valence-corrected chi connectivity index (χ2v) is 6.05. The monoisotopic (exact) mass is 380 g/mol. The van der Waals surface area contributed by atoms with E-state index < -0.39 is 0 Å². The van der Waals surface area contributed by atoms with E-state index in [1.807, 2.05) is 12.1 Å². The number of phenolic OH excluding ortho intramolecular Hbond substituents is 1. The number of nitrogens with zero attached hydrogens (tertiary/aromatic N) is 4. The predicted molar refractivity (Wildman–Crippen MR) is 101 cm³/mol. The van der Waals surface area contributed by atoms with Gasteiger partial charge in [-0.2, -0.15) is 5.10 Å². The van der Waals surface area contributed by atoms with Crippen molar-refractivity contribution in [2.75, 3.05) is 5.43 Å². The van der Waals surface area contributed by atoms with Crippen LogP contribution in [0, 0.1) is 0 Å². The molecule has 2 aromatic carbocycles. The maximum Gasteiger partial charge on any atom is 0.269 e. The number of phenols is 1. The van der Waals surface area contributed by atoms with Crippen LogP contribution < -0.4 is 10.9 Å². The molecule has 9 heteroatoms. The van der Waals surface area contributed by atoms with E-state index in [2.05, 4.69) is 25.9 Å². The Labute approximate surface area is 158 Å². The lowest BCUT2D eigenvalue weighted by atomic mass is 10.2. The summed E-state index contributed by atoms with van der Waals surface area (Å²) in [6.07, 6.45) is 2.99. The fourth-order valence-corrected chi connectivity index (χ4v) is 2.64. The van der Waals surface area contributed by atoms with Gasteiger partial charge in [0.2, 0.25) is 0 Å². The zero-order chi connectivity index (χ0) is 18.8. The van der Waals surface area contributed by atoms with Crippen molar-refractivity contribution < 1.29 is 9.90 Å². The first kappa shape index (κ1) is 16.8. The molecule has 0 aliphatic rings. The predicted octanol–water partition coefficient (Wildman–Crippen LogP) is 2.93. The molecule has 4 aromatic rings. The summed E-state index contributed by atoms with van der Waals surface area (Å²) in [5, 5.41) is 14.9. The van der Waals surface area contributed by atoms with Gasteiger partial charge in [0.05, 0.1) is 17.3 Å². The second kappa shape index (κ2) is 6.93. The van der Waals surface area contributed by atoms with Crippen LogP contribution in [0.3, 0.4) is 0 Å². The van der Waals surface area contributed by atoms with Gasteiger partial charge in [0.1, 0.15) is 12.1 Å². The van der Waals surface area contributed by atoms with Crippen LogP contribution in [0.25, 0.3) is 16.7 Å². The zero-order valence-electron chi connectivity index (χ0n) is 13.8. The lowest BCUT2D eigenvalue weighted by molar-refractivity contribution is 0.0962. The maximum absolute atomic E-state index is 12.2. The van der Waals surface area contributed by atoms with E-state index in [4.69, 9.17) is 11.6 Å². The normalized spacial score (nSPS) is 10.7. The van der Waals surface area contributed by atoms with Gasteiger partial charge in [0.25, 0.3) is 5.91 Å². The fraction of sp³-hybridized carbons (Fsp3) is 0. The molecule has 0 saturated carbocycles. The average Bonchev–Trinajstić information content (AvgIpc) is 3.12. The van der Waals surface area contributed by atoms with Crippen molar-refractivity contribution in [2.24, 2.45) is 0 Å². The molecule has 8 nitrogen and oxygen atoms in total. The largest absolute Gasteiger partial charge is 0.508 e. The summed E-state index contributed by atoms with van der Waals surface area (Å²) in [7, 11) is 0. The van der Waals surface area contributed by atoms with Crippen LogP contribution in [0.15, 0.2) is 61.1 Å². The van der Waals surface area contributed by atoms with Gasteiger partial charge in [0.15, 0.2) is 11.5 Å². The van der Waals surface area contributed by atoms with E-state index in [0.717, 1.165) is 5.69 Å².